The summed E-state index contributed by atoms with van der Waals surface area (Å²) in [6.07, 6.45) is 7.82. The van der Waals surface area contributed by atoms with Crippen LogP contribution in [0.3, 0.4) is 0 Å². The van der Waals surface area contributed by atoms with Crippen molar-refractivity contribution in [3.63, 3.8) is 0 Å². The summed E-state index contributed by atoms with van der Waals surface area (Å²) in [4.78, 5) is 7.07. The van der Waals surface area contributed by atoms with Gasteiger partial charge >= 0.3 is 0 Å². The van der Waals surface area contributed by atoms with Gasteiger partial charge in [0.15, 0.2) is 0 Å². The van der Waals surface area contributed by atoms with E-state index in [2.05, 4.69) is 31.8 Å². The molecule has 8 nitrogen and oxygen atoms in total. The Morgan fingerprint density at radius 2 is 2.13 bits per heavy atom. The van der Waals surface area contributed by atoms with Gasteiger partial charge in [0, 0.05) is 31.4 Å². The molecule has 2 aromatic rings. The Labute approximate surface area is 181 Å². The van der Waals surface area contributed by atoms with Gasteiger partial charge in [-0.15, -0.1) is 0 Å². The maximum Gasteiger partial charge on any atom is 0.265 e. The zero-order chi connectivity index (χ0) is 22.4. The fourth-order valence-electron chi connectivity index (χ4n) is 3.58. The van der Waals surface area contributed by atoms with Crippen LogP contribution in [-0.2, 0) is 10.0 Å². The molecule has 0 bridgehead atoms. The SMILES string of the molecule is C=C(/C=N\NC)[C@H]1CCCC[C@@H]1Oc1cc(F)c(S(=O)(=O)Nc2ccncn2)cc1C. The number of aromatic nitrogens is 2. The molecule has 0 spiro atoms. The summed E-state index contributed by atoms with van der Waals surface area (Å²) in [6.45, 7) is 5.78. The molecule has 0 aliphatic heterocycles. The van der Waals surface area contributed by atoms with Crippen LogP contribution in [-0.4, -0.2) is 37.8 Å². The first kappa shape index (κ1) is 22.7. The van der Waals surface area contributed by atoms with Gasteiger partial charge in [-0.05, 0) is 49.5 Å². The number of hydrazone groups is 1. The molecule has 1 fully saturated rings. The molecule has 2 atom stereocenters. The molecule has 166 valence electrons. The molecular formula is C21H26FN5O3S. The zero-order valence-corrected chi connectivity index (χ0v) is 18.3. The third-order valence-electron chi connectivity index (χ3n) is 5.16. The van der Waals surface area contributed by atoms with E-state index in [0.717, 1.165) is 37.3 Å². The summed E-state index contributed by atoms with van der Waals surface area (Å²) in [7, 11) is -2.45. The van der Waals surface area contributed by atoms with Crippen LogP contribution >= 0.6 is 0 Å². The van der Waals surface area contributed by atoms with Gasteiger partial charge in [-0.25, -0.2) is 22.8 Å². The second kappa shape index (κ2) is 9.86. The number of anilines is 1. The van der Waals surface area contributed by atoms with E-state index in [9.17, 15) is 12.8 Å². The van der Waals surface area contributed by atoms with Crippen molar-refractivity contribution in [1.82, 2.24) is 15.4 Å². The summed E-state index contributed by atoms with van der Waals surface area (Å²) in [5.74, 6) is -0.478. The summed E-state index contributed by atoms with van der Waals surface area (Å²) in [5.41, 5.74) is 4.06. The third kappa shape index (κ3) is 5.57. The second-order valence-corrected chi connectivity index (χ2v) is 9.00. The standard InChI is InChI=1S/C21H26FN5O3S/c1-14-10-20(31(28,29)27-21-8-9-24-13-25-21)17(22)11-19(14)30-18-7-5-4-6-16(18)15(2)12-26-23-3/h8-13,16,18,23H,2,4-7H2,1,3H3,(H,24,25,27)/b26-12-/t16-,18+/m1/s1. The van der Waals surface area contributed by atoms with Crippen LogP contribution < -0.4 is 14.9 Å². The average molecular weight is 448 g/mol. The number of sulfonamides is 1. The minimum Gasteiger partial charge on any atom is -0.489 e. The highest BCUT2D eigenvalue weighted by molar-refractivity contribution is 7.92. The molecule has 0 unspecified atom stereocenters. The molecule has 1 aromatic heterocycles. The molecule has 1 aliphatic rings. The maximum atomic E-state index is 14.8. The van der Waals surface area contributed by atoms with Crippen LogP contribution in [0.2, 0.25) is 0 Å². The van der Waals surface area contributed by atoms with Gasteiger partial charge in [0.2, 0.25) is 0 Å². The van der Waals surface area contributed by atoms with E-state index in [1.54, 1.807) is 20.2 Å². The highest BCUT2D eigenvalue weighted by atomic mass is 32.2. The fourth-order valence-corrected chi connectivity index (χ4v) is 4.74. The Hall–Kier alpha value is -3.01. The van der Waals surface area contributed by atoms with Gasteiger partial charge in [0.1, 0.15) is 34.7 Å². The number of aryl methyl sites for hydroxylation is 1. The first-order chi connectivity index (χ1) is 14.8. The number of benzene rings is 1. The fraction of sp³-hybridized carbons (Fsp3) is 0.381. The quantitative estimate of drug-likeness (QED) is 0.474. The summed E-state index contributed by atoms with van der Waals surface area (Å²) < 4.78 is 48.5. The first-order valence-corrected chi connectivity index (χ1v) is 11.4. The maximum absolute atomic E-state index is 14.8. The molecule has 1 saturated carbocycles. The van der Waals surface area contributed by atoms with E-state index in [1.165, 1.54) is 24.7 Å². The Morgan fingerprint density at radius 3 is 2.84 bits per heavy atom. The smallest absolute Gasteiger partial charge is 0.265 e. The lowest BCUT2D eigenvalue weighted by Crippen LogP contribution is -2.32. The Kier molecular flexibility index (Phi) is 7.21. The molecule has 1 heterocycles. The monoisotopic (exact) mass is 447 g/mol. The zero-order valence-electron chi connectivity index (χ0n) is 17.5. The molecule has 3 rings (SSSR count). The number of hydrogen-bond acceptors (Lipinski definition) is 7. The van der Waals surface area contributed by atoms with Crippen molar-refractivity contribution >= 4 is 22.1 Å². The van der Waals surface area contributed by atoms with Crippen LogP contribution in [0.1, 0.15) is 31.2 Å². The topological polar surface area (TPSA) is 106 Å². The Balaban J connectivity index is 1.82. The lowest BCUT2D eigenvalue weighted by Gasteiger charge is -2.32. The Morgan fingerprint density at radius 1 is 1.35 bits per heavy atom. The largest absolute Gasteiger partial charge is 0.489 e. The van der Waals surface area contributed by atoms with Gasteiger partial charge in [-0.1, -0.05) is 13.0 Å². The van der Waals surface area contributed by atoms with Crippen LogP contribution in [0.5, 0.6) is 5.75 Å². The van der Waals surface area contributed by atoms with Crippen LogP contribution in [0, 0.1) is 18.7 Å². The van der Waals surface area contributed by atoms with Crippen molar-refractivity contribution in [1.29, 1.82) is 0 Å². The minimum absolute atomic E-state index is 0.0520. The highest BCUT2D eigenvalue weighted by Gasteiger charge is 2.30. The number of hydrogen-bond donors (Lipinski definition) is 2. The van der Waals surface area contributed by atoms with E-state index in [0.29, 0.717) is 11.3 Å². The summed E-state index contributed by atoms with van der Waals surface area (Å²) in [5, 5.41) is 4.02. The van der Waals surface area contributed by atoms with Crippen molar-refractivity contribution < 1.29 is 17.5 Å². The van der Waals surface area contributed by atoms with Gasteiger partial charge in [-0.3, -0.25) is 4.72 Å². The molecule has 0 saturated heterocycles. The van der Waals surface area contributed by atoms with E-state index in [1.807, 2.05) is 0 Å². The number of halogens is 1. The Bertz CT molecular complexity index is 1060. The molecule has 10 heteroatoms. The highest BCUT2D eigenvalue weighted by Crippen LogP contribution is 2.34. The predicted octanol–water partition coefficient (Wildman–Crippen LogP) is 3.42. The van der Waals surface area contributed by atoms with Crippen molar-refractivity contribution in [2.45, 2.75) is 43.6 Å². The number of nitrogens with one attached hydrogen (secondary N) is 2. The summed E-state index contributed by atoms with van der Waals surface area (Å²) >= 11 is 0. The van der Waals surface area contributed by atoms with E-state index in [-0.39, 0.29) is 17.8 Å². The minimum atomic E-state index is -4.16. The van der Waals surface area contributed by atoms with Crippen molar-refractivity contribution in [3.8, 4) is 5.75 Å². The molecular weight excluding hydrogens is 421 g/mol. The van der Waals surface area contributed by atoms with Gasteiger partial charge < -0.3 is 10.2 Å². The van der Waals surface area contributed by atoms with E-state index < -0.39 is 20.7 Å². The third-order valence-corrected chi connectivity index (χ3v) is 6.53. The van der Waals surface area contributed by atoms with Crippen LogP contribution in [0.25, 0.3) is 0 Å². The van der Waals surface area contributed by atoms with Crippen molar-refractivity contribution in [2.24, 2.45) is 11.0 Å². The molecule has 2 N–H and O–H groups in total. The van der Waals surface area contributed by atoms with Crippen molar-refractivity contribution in [2.75, 3.05) is 11.8 Å². The van der Waals surface area contributed by atoms with Gasteiger partial charge in [0.25, 0.3) is 10.0 Å². The molecule has 0 amide bonds. The van der Waals surface area contributed by atoms with E-state index >= 15 is 0 Å². The molecule has 1 aromatic carbocycles. The number of nitrogens with zero attached hydrogens (tertiary/aromatic N) is 3. The average Bonchev–Trinajstić information content (AvgIpc) is 2.75. The number of ether oxygens (including phenoxy) is 1. The predicted molar refractivity (Wildman–Crippen MR) is 117 cm³/mol. The van der Waals surface area contributed by atoms with Crippen molar-refractivity contribution in [3.05, 3.63) is 54.3 Å². The molecule has 0 radical (unpaired) electrons. The van der Waals surface area contributed by atoms with Crippen LogP contribution in [0.4, 0.5) is 10.2 Å². The molecule has 31 heavy (non-hydrogen) atoms. The van der Waals surface area contributed by atoms with E-state index in [4.69, 9.17) is 4.74 Å². The van der Waals surface area contributed by atoms with Crippen LogP contribution in [0.15, 0.2) is 52.9 Å². The van der Waals surface area contributed by atoms with Gasteiger partial charge in [0.05, 0.1) is 0 Å². The molecule has 1 aliphatic carbocycles. The van der Waals surface area contributed by atoms with Gasteiger partial charge in [-0.2, -0.15) is 5.10 Å². The normalized spacial score (nSPS) is 19.2. The summed E-state index contributed by atoms with van der Waals surface area (Å²) in [6, 6.07) is 3.77. The lowest BCUT2D eigenvalue weighted by molar-refractivity contribution is 0.113. The first-order valence-electron chi connectivity index (χ1n) is 9.96. The lowest BCUT2D eigenvalue weighted by atomic mass is 9.82. The number of rotatable bonds is 8. The second-order valence-electron chi connectivity index (χ2n) is 7.35.